The first-order chi connectivity index (χ1) is 16.6. The fraction of sp³-hybridized carbons (Fsp3) is 0.231. The van der Waals surface area contributed by atoms with Crippen LogP contribution in [0.1, 0.15) is 31.4 Å². The zero-order valence-corrected chi connectivity index (χ0v) is 19.6. The van der Waals surface area contributed by atoms with Crippen LogP contribution in [0.15, 0.2) is 66.9 Å². The first-order valence-corrected chi connectivity index (χ1v) is 12.1. The van der Waals surface area contributed by atoms with Crippen molar-refractivity contribution in [2.75, 3.05) is 23.3 Å². The maximum Gasteiger partial charge on any atom is 0.223 e. The first kappa shape index (κ1) is 22.2. The summed E-state index contributed by atoms with van der Waals surface area (Å²) in [6.45, 7) is 3.63. The third-order valence-electron chi connectivity index (χ3n) is 5.90. The molecule has 1 saturated heterocycles. The van der Waals surface area contributed by atoms with Gasteiger partial charge < -0.3 is 15.6 Å². The second kappa shape index (κ2) is 9.69. The van der Waals surface area contributed by atoms with E-state index in [-0.39, 0.29) is 11.9 Å². The minimum atomic E-state index is -0.279. The Labute approximate surface area is 202 Å². The molecule has 8 heteroatoms. The lowest BCUT2D eigenvalue weighted by atomic mass is 10.1. The maximum absolute atomic E-state index is 13.6. The second-order valence-corrected chi connectivity index (χ2v) is 9.29. The summed E-state index contributed by atoms with van der Waals surface area (Å²) in [4.78, 5) is 17.3. The molecule has 0 unspecified atom stereocenters. The Kier molecular flexibility index (Phi) is 6.31. The Morgan fingerprint density at radius 2 is 1.74 bits per heavy atom. The van der Waals surface area contributed by atoms with Gasteiger partial charge in [-0.05, 0) is 42.8 Å². The molecule has 6 nitrogen and oxygen atoms in total. The van der Waals surface area contributed by atoms with Gasteiger partial charge in [0, 0.05) is 43.4 Å². The van der Waals surface area contributed by atoms with Gasteiger partial charge >= 0.3 is 0 Å². The number of aromatic nitrogens is 3. The third kappa shape index (κ3) is 4.82. The molecule has 0 saturated carbocycles. The van der Waals surface area contributed by atoms with E-state index in [1.807, 2.05) is 24.3 Å². The van der Waals surface area contributed by atoms with Crippen LogP contribution in [0.25, 0.3) is 21.8 Å². The highest BCUT2D eigenvalue weighted by Gasteiger charge is 2.22. The molecule has 0 bridgehead atoms. The van der Waals surface area contributed by atoms with Crippen LogP contribution in [0.4, 0.5) is 15.5 Å². The zero-order valence-electron chi connectivity index (χ0n) is 18.8. The van der Waals surface area contributed by atoms with Crippen LogP contribution in [0.2, 0.25) is 0 Å². The molecule has 5 rings (SSSR count). The first-order valence-electron chi connectivity index (χ1n) is 11.3. The van der Waals surface area contributed by atoms with Crippen LogP contribution in [0.3, 0.4) is 0 Å². The maximum atomic E-state index is 13.6. The lowest BCUT2D eigenvalue weighted by Gasteiger charge is -2.26. The SMILES string of the molecule is C[C@H](Nc1nccc(-c2sc(N3CCC(=N)CC3)nc2-c2ccc(F)cc2)n1)c1ccccc1. The highest BCUT2D eigenvalue weighted by Crippen LogP contribution is 2.40. The van der Waals surface area contributed by atoms with Crippen molar-refractivity contribution in [1.29, 1.82) is 5.41 Å². The normalized spacial score (nSPS) is 14.8. The van der Waals surface area contributed by atoms with Crippen molar-refractivity contribution in [2.45, 2.75) is 25.8 Å². The van der Waals surface area contributed by atoms with Crippen molar-refractivity contribution in [3.8, 4) is 21.8 Å². The molecule has 0 amide bonds. The molecule has 0 aliphatic carbocycles. The van der Waals surface area contributed by atoms with E-state index >= 15 is 0 Å². The van der Waals surface area contributed by atoms with Crippen molar-refractivity contribution in [2.24, 2.45) is 0 Å². The van der Waals surface area contributed by atoms with Gasteiger partial charge in [-0.3, -0.25) is 0 Å². The zero-order chi connectivity index (χ0) is 23.5. The summed E-state index contributed by atoms with van der Waals surface area (Å²) in [6, 6.07) is 18.5. The molecule has 2 aromatic carbocycles. The van der Waals surface area contributed by atoms with Crippen LogP contribution in [0, 0.1) is 11.2 Å². The Hall–Kier alpha value is -3.65. The number of halogens is 1. The van der Waals surface area contributed by atoms with Gasteiger partial charge in [-0.1, -0.05) is 41.7 Å². The molecule has 0 radical (unpaired) electrons. The number of hydrogen-bond acceptors (Lipinski definition) is 7. The fourth-order valence-corrected chi connectivity index (χ4v) is 5.07. The number of nitrogens with one attached hydrogen (secondary N) is 2. The molecule has 2 N–H and O–H groups in total. The quantitative estimate of drug-likeness (QED) is 0.349. The number of rotatable bonds is 6. The van der Waals surface area contributed by atoms with Crippen molar-refractivity contribution < 1.29 is 4.39 Å². The molecule has 1 fully saturated rings. The monoisotopic (exact) mass is 472 g/mol. The summed E-state index contributed by atoms with van der Waals surface area (Å²) in [5, 5.41) is 12.2. The molecule has 0 spiro atoms. The van der Waals surface area contributed by atoms with Gasteiger partial charge in [-0.2, -0.15) is 0 Å². The largest absolute Gasteiger partial charge is 0.348 e. The van der Waals surface area contributed by atoms with E-state index in [0.717, 1.165) is 64.2 Å². The van der Waals surface area contributed by atoms with Gasteiger partial charge in [-0.25, -0.2) is 19.3 Å². The predicted molar refractivity (Wildman–Crippen MR) is 136 cm³/mol. The number of piperidine rings is 1. The van der Waals surface area contributed by atoms with E-state index in [2.05, 4.69) is 34.3 Å². The predicted octanol–water partition coefficient (Wildman–Crippen LogP) is 6.20. The van der Waals surface area contributed by atoms with Crippen LogP contribution in [0.5, 0.6) is 0 Å². The van der Waals surface area contributed by atoms with E-state index in [4.69, 9.17) is 15.4 Å². The third-order valence-corrected chi connectivity index (χ3v) is 7.04. The van der Waals surface area contributed by atoms with Gasteiger partial charge in [0.1, 0.15) is 5.82 Å². The van der Waals surface area contributed by atoms with Gasteiger partial charge in [0.2, 0.25) is 5.95 Å². The number of nitrogens with zero attached hydrogens (tertiary/aromatic N) is 4. The van der Waals surface area contributed by atoms with E-state index in [0.29, 0.717) is 5.95 Å². The van der Waals surface area contributed by atoms with Crippen LogP contribution in [-0.2, 0) is 0 Å². The second-order valence-electron chi connectivity index (χ2n) is 8.31. The number of benzene rings is 2. The van der Waals surface area contributed by atoms with Crippen LogP contribution < -0.4 is 10.2 Å². The Bertz CT molecular complexity index is 1280. The van der Waals surface area contributed by atoms with Crippen molar-refractivity contribution in [3.63, 3.8) is 0 Å². The van der Waals surface area contributed by atoms with Gasteiger partial charge in [0.05, 0.1) is 22.3 Å². The number of thiazole rings is 1. The molecule has 1 aliphatic heterocycles. The molecule has 34 heavy (non-hydrogen) atoms. The summed E-state index contributed by atoms with van der Waals surface area (Å²) in [7, 11) is 0. The molecular weight excluding hydrogens is 447 g/mol. The lowest BCUT2D eigenvalue weighted by Crippen LogP contribution is -2.33. The minimum absolute atomic E-state index is 0.0497. The molecule has 3 heterocycles. The Morgan fingerprint density at radius 1 is 1.00 bits per heavy atom. The van der Waals surface area contributed by atoms with Crippen LogP contribution in [-0.4, -0.2) is 33.8 Å². The Balaban J connectivity index is 1.50. The van der Waals surface area contributed by atoms with E-state index in [1.165, 1.54) is 12.1 Å². The van der Waals surface area contributed by atoms with Gasteiger partial charge in [0.25, 0.3) is 0 Å². The Morgan fingerprint density at radius 3 is 2.47 bits per heavy atom. The average molecular weight is 473 g/mol. The minimum Gasteiger partial charge on any atom is -0.348 e. The lowest BCUT2D eigenvalue weighted by molar-refractivity contribution is 0.628. The van der Waals surface area contributed by atoms with Gasteiger partial charge in [-0.15, -0.1) is 0 Å². The number of hydrogen-bond donors (Lipinski definition) is 2. The van der Waals surface area contributed by atoms with E-state index in [1.54, 1.807) is 29.7 Å². The van der Waals surface area contributed by atoms with Crippen molar-refractivity contribution >= 4 is 28.1 Å². The molecule has 1 aliphatic rings. The summed E-state index contributed by atoms with van der Waals surface area (Å²) in [5.41, 5.74) is 4.33. The van der Waals surface area contributed by atoms with Crippen LogP contribution >= 0.6 is 11.3 Å². The van der Waals surface area contributed by atoms with E-state index in [9.17, 15) is 4.39 Å². The highest BCUT2D eigenvalue weighted by atomic mass is 32.1. The fourth-order valence-electron chi connectivity index (χ4n) is 3.96. The summed E-state index contributed by atoms with van der Waals surface area (Å²) in [6.07, 6.45) is 3.25. The number of anilines is 2. The van der Waals surface area contributed by atoms with Gasteiger partial charge in [0.15, 0.2) is 5.13 Å². The summed E-state index contributed by atoms with van der Waals surface area (Å²) in [5.74, 6) is 0.263. The summed E-state index contributed by atoms with van der Waals surface area (Å²) >= 11 is 1.58. The van der Waals surface area contributed by atoms with E-state index < -0.39 is 0 Å². The standard InChI is InChI=1S/C26H25FN6S/c1-17(18-5-3-2-4-6-18)30-25-29-14-11-22(31-25)24-23(19-7-9-20(27)10-8-19)32-26(34-24)33-15-12-21(28)13-16-33/h2-11,14,17,28H,12-13,15-16H2,1H3,(H,29,30,31)/t17-/m0/s1. The molecule has 4 aromatic rings. The summed E-state index contributed by atoms with van der Waals surface area (Å²) < 4.78 is 13.6. The average Bonchev–Trinajstić information content (AvgIpc) is 3.31. The van der Waals surface area contributed by atoms with Crippen molar-refractivity contribution in [1.82, 2.24) is 15.0 Å². The smallest absolute Gasteiger partial charge is 0.223 e. The van der Waals surface area contributed by atoms with Crippen molar-refractivity contribution in [3.05, 3.63) is 78.2 Å². The molecule has 2 aromatic heterocycles. The molecule has 1 atom stereocenters. The molecule has 172 valence electrons. The highest BCUT2D eigenvalue weighted by molar-refractivity contribution is 7.19. The molecular formula is C26H25FN6S. The topological polar surface area (TPSA) is 77.8 Å².